The van der Waals surface area contributed by atoms with E-state index in [2.05, 4.69) is 37.9 Å². The maximum absolute atomic E-state index is 11.2. The number of aromatic nitrogens is 3. The monoisotopic (exact) mass is 371 g/mol. The van der Waals surface area contributed by atoms with Gasteiger partial charge in [-0.25, -0.2) is 4.98 Å². The van der Waals surface area contributed by atoms with E-state index >= 15 is 0 Å². The number of hydrogen-bond donors (Lipinski definition) is 0. The molecule has 6 heteroatoms. The summed E-state index contributed by atoms with van der Waals surface area (Å²) in [5.74, 6) is 0.325. The number of imidazole rings is 1. The molecule has 0 spiro atoms. The molecule has 136 valence electrons. The number of esters is 1. The van der Waals surface area contributed by atoms with Gasteiger partial charge >= 0.3 is 5.97 Å². The third-order valence-electron chi connectivity index (χ3n) is 4.38. The molecule has 0 unspecified atom stereocenters. The molecule has 3 aromatic rings. The zero-order valence-electron chi connectivity index (χ0n) is 15.6. The minimum absolute atomic E-state index is 0.0490. The Morgan fingerprint density at radius 2 is 2.00 bits per heavy atom. The molecule has 0 amide bonds. The van der Waals surface area contributed by atoms with Crippen molar-refractivity contribution in [3.63, 3.8) is 0 Å². The van der Waals surface area contributed by atoms with Crippen molar-refractivity contribution in [1.82, 2.24) is 14.5 Å². The molecular formula is C20H22ClN3O2. The van der Waals surface area contributed by atoms with Gasteiger partial charge in [0, 0.05) is 25.7 Å². The Kier molecular flexibility index (Phi) is 4.76. The zero-order valence-corrected chi connectivity index (χ0v) is 16.4. The van der Waals surface area contributed by atoms with E-state index in [0.717, 1.165) is 11.0 Å². The fourth-order valence-corrected chi connectivity index (χ4v) is 3.04. The van der Waals surface area contributed by atoms with Crippen LogP contribution in [0.25, 0.3) is 22.6 Å². The molecule has 0 saturated heterocycles. The first-order valence-electron chi connectivity index (χ1n) is 8.42. The average molecular weight is 372 g/mol. The molecule has 2 heterocycles. The van der Waals surface area contributed by atoms with Crippen LogP contribution < -0.4 is 0 Å². The first-order valence-corrected chi connectivity index (χ1v) is 8.80. The summed E-state index contributed by atoms with van der Waals surface area (Å²) < 4.78 is 7.15. The number of carbonyl (C=O) groups is 1. The Bertz CT molecular complexity index is 987. The first-order chi connectivity index (χ1) is 12.2. The molecule has 0 atom stereocenters. The topological polar surface area (TPSA) is 57.0 Å². The van der Waals surface area contributed by atoms with E-state index in [1.807, 2.05) is 17.7 Å². The molecule has 0 aliphatic carbocycles. The molecule has 0 N–H and O–H groups in total. The van der Waals surface area contributed by atoms with E-state index in [1.165, 1.54) is 12.5 Å². The molecule has 3 rings (SSSR count). The SMILES string of the molecule is CC(=O)OCc1c(Cl)ccnc1-c1nc2ccc(C(C)(C)C)cc2n1C. The number of benzene rings is 1. The van der Waals surface area contributed by atoms with Crippen molar-refractivity contribution in [3.05, 3.63) is 46.6 Å². The van der Waals surface area contributed by atoms with Gasteiger partial charge in [0.2, 0.25) is 0 Å². The van der Waals surface area contributed by atoms with E-state index in [0.29, 0.717) is 22.1 Å². The fourth-order valence-electron chi connectivity index (χ4n) is 2.84. The number of pyridine rings is 1. The Balaban J connectivity index is 2.16. The molecule has 0 fully saturated rings. The number of aryl methyl sites for hydroxylation is 1. The minimum atomic E-state index is -0.365. The van der Waals surface area contributed by atoms with E-state index < -0.39 is 0 Å². The van der Waals surface area contributed by atoms with Crippen molar-refractivity contribution < 1.29 is 9.53 Å². The Morgan fingerprint density at radius 1 is 1.27 bits per heavy atom. The standard InChI is InChI=1S/C20H22ClN3O2/c1-12(25)26-11-14-15(21)8-9-22-18(14)19-23-16-7-6-13(20(2,3)4)10-17(16)24(19)5/h6-10H,11H2,1-5H3. The van der Waals surface area contributed by atoms with Crippen LogP contribution in [0.4, 0.5) is 0 Å². The molecule has 0 saturated carbocycles. The summed E-state index contributed by atoms with van der Waals surface area (Å²) in [6, 6.07) is 7.96. The van der Waals surface area contributed by atoms with Gasteiger partial charge < -0.3 is 9.30 Å². The normalized spacial score (nSPS) is 11.8. The third kappa shape index (κ3) is 3.44. The average Bonchev–Trinajstić information content (AvgIpc) is 2.89. The lowest BCUT2D eigenvalue weighted by atomic mass is 9.87. The Labute approximate surface area is 158 Å². The molecule has 0 radical (unpaired) electrons. The number of carbonyl (C=O) groups excluding carboxylic acids is 1. The molecule has 1 aromatic carbocycles. The highest BCUT2D eigenvalue weighted by molar-refractivity contribution is 6.31. The van der Waals surface area contributed by atoms with Crippen LogP contribution in [0, 0.1) is 0 Å². The predicted molar refractivity (Wildman–Crippen MR) is 103 cm³/mol. The quantitative estimate of drug-likeness (QED) is 0.629. The van der Waals surface area contributed by atoms with E-state index in [1.54, 1.807) is 12.3 Å². The van der Waals surface area contributed by atoms with Crippen LogP contribution >= 0.6 is 11.6 Å². The summed E-state index contributed by atoms with van der Waals surface area (Å²) in [6.07, 6.45) is 1.63. The largest absolute Gasteiger partial charge is 0.461 e. The van der Waals surface area contributed by atoms with Crippen LogP contribution in [0.15, 0.2) is 30.5 Å². The van der Waals surface area contributed by atoms with Crippen LogP contribution in [-0.2, 0) is 28.6 Å². The highest BCUT2D eigenvalue weighted by Crippen LogP contribution is 2.31. The van der Waals surface area contributed by atoms with Gasteiger partial charge in [0.05, 0.1) is 16.1 Å². The summed E-state index contributed by atoms with van der Waals surface area (Å²) >= 11 is 6.33. The summed E-state index contributed by atoms with van der Waals surface area (Å²) in [5.41, 5.74) is 4.46. The van der Waals surface area contributed by atoms with Crippen molar-refractivity contribution >= 4 is 28.6 Å². The van der Waals surface area contributed by atoms with Crippen molar-refractivity contribution in [1.29, 1.82) is 0 Å². The van der Waals surface area contributed by atoms with E-state index in [-0.39, 0.29) is 18.0 Å². The zero-order chi connectivity index (χ0) is 19.1. The van der Waals surface area contributed by atoms with Gasteiger partial charge in [-0.1, -0.05) is 38.4 Å². The van der Waals surface area contributed by atoms with Crippen LogP contribution in [0.3, 0.4) is 0 Å². The van der Waals surface area contributed by atoms with Crippen molar-refractivity contribution in [2.24, 2.45) is 7.05 Å². The third-order valence-corrected chi connectivity index (χ3v) is 4.73. The predicted octanol–water partition coefficient (Wildman–Crippen LogP) is 4.65. The van der Waals surface area contributed by atoms with E-state index in [4.69, 9.17) is 21.3 Å². The van der Waals surface area contributed by atoms with Crippen LogP contribution in [-0.4, -0.2) is 20.5 Å². The summed E-state index contributed by atoms with van der Waals surface area (Å²) in [4.78, 5) is 20.4. The number of rotatable bonds is 3. The fraction of sp³-hybridized carbons (Fsp3) is 0.350. The second-order valence-corrected chi connectivity index (χ2v) is 7.76. The maximum atomic E-state index is 11.2. The molecular weight excluding hydrogens is 350 g/mol. The van der Waals surface area contributed by atoms with Crippen molar-refractivity contribution in [2.45, 2.75) is 39.7 Å². The van der Waals surface area contributed by atoms with Crippen LogP contribution in [0.1, 0.15) is 38.8 Å². The number of fused-ring (bicyclic) bond motifs is 1. The second kappa shape index (κ2) is 6.72. The minimum Gasteiger partial charge on any atom is -0.461 e. The molecule has 0 aliphatic rings. The molecule has 5 nitrogen and oxygen atoms in total. The number of nitrogens with zero attached hydrogens (tertiary/aromatic N) is 3. The van der Waals surface area contributed by atoms with Crippen LogP contribution in [0.2, 0.25) is 5.02 Å². The number of halogens is 1. The van der Waals surface area contributed by atoms with Gasteiger partial charge in [-0.15, -0.1) is 0 Å². The van der Waals surface area contributed by atoms with Gasteiger partial charge in [-0.3, -0.25) is 9.78 Å². The Hall–Kier alpha value is -2.40. The molecule has 0 aliphatic heterocycles. The highest BCUT2D eigenvalue weighted by Gasteiger charge is 2.20. The molecule has 2 aromatic heterocycles. The lowest BCUT2D eigenvalue weighted by Crippen LogP contribution is -2.10. The van der Waals surface area contributed by atoms with Gasteiger partial charge in [0.25, 0.3) is 0 Å². The van der Waals surface area contributed by atoms with Gasteiger partial charge in [0.15, 0.2) is 5.82 Å². The van der Waals surface area contributed by atoms with Gasteiger partial charge in [-0.2, -0.15) is 0 Å². The van der Waals surface area contributed by atoms with Gasteiger partial charge in [-0.05, 0) is 29.2 Å². The number of ether oxygens (including phenoxy) is 1. The van der Waals surface area contributed by atoms with Crippen molar-refractivity contribution in [3.8, 4) is 11.5 Å². The van der Waals surface area contributed by atoms with Crippen molar-refractivity contribution in [2.75, 3.05) is 0 Å². The maximum Gasteiger partial charge on any atom is 0.302 e. The summed E-state index contributed by atoms with van der Waals surface area (Å²) in [7, 11) is 1.95. The van der Waals surface area contributed by atoms with Crippen LogP contribution in [0.5, 0.6) is 0 Å². The lowest BCUT2D eigenvalue weighted by molar-refractivity contribution is -0.142. The van der Waals surface area contributed by atoms with E-state index in [9.17, 15) is 4.79 Å². The molecule has 0 bridgehead atoms. The lowest BCUT2D eigenvalue weighted by Gasteiger charge is -2.18. The smallest absolute Gasteiger partial charge is 0.302 e. The summed E-state index contributed by atoms with van der Waals surface area (Å²) in [5, 5.41) is 0.499. The molecule has 26 heavy (non-hydrogen) atoms. The Morgan fingerprint density at radius 3 is 2.65 bits per heavy atom. The highest BCUT2D eigenvalue weighted by atomic mass is 35.5. The first kappa shape index (κ1) is 18.4. The van der Waals surface area contributed by atoms with Gasteiger partial charge in [0.1, 0.15) is 12.3 Å². The summed E-state index contributed by atoms with van der Waals surface area (Å²) in [6.45, 7) is 7.98. The number of hydrogen-bond acceptors (Lipinski definition) is 4. The second-order valence-electron chi connectivity index (χ2n) is 7.35.